The first kappa shape index (κ1) is 13.4. The van der Waals surface area contributed by atoms with E-state index in [9.17, 15) is 4.79 Å². The molecule has 0 radical (unpaired) electrons. The summed E-state index contributed by atoms with van der Waals surface area (Å²) in [6.45, 7) is 0.0759. The van der Waals surface area contributed by atoms with E-state index >= 15 is 0 Å². The summed E-state index contributed by atoms with van der Waals surface area (Å²) in [4.78, 5) is 15.0. The predicted molar refractivity (Wildman–Crippen MR) is 72.9 cm³/mol. The summed E-state index contributed by atoms with van der Waals surface area (Å²) in [5.74, 6) is -0.299. The Hall–Kier alpha value is -2.05. The van der Waals surface area contributed by atoms with Gasteiger partial charge in [0, 0.05) is 12.5 Å². The molecule has 1 unspecified atom stereocenters. The van der Waals surface area contributed by atoms with Crippen LogP contribution in [0.15, 0.2) is 24.3 Å². The van der Waals surface area contributed by atoms with Gasteiger partial charge >= 0.3 is 0 Å². The highest BCUT2D eigenvalue weighted by atomic mass is 16.5. The number of carbonyl (C=O) groups excluding carboxylic acids is 1. The fraction of sp³-hybridized carbons (Fsp3) is 0.308. The molecule has 2 aromatic rings. The van der Waals surface area contributed by atoms with Gasteiger partial charge in [-0.3, -0.25) is 4.79 Å². The number of H-pyrrole nitrogens is 1. The molecule has 6 nitrogen and oxygen atoms in total. The van der Waals surface area contributed by atoms with Crippen LogP contribution in [0.5, 0.6) is 0 Å². The first-order chi connectivity index (χ1) is 9.15. The number of hydrogen-bond donors (Lipinski definition) is 4. The highest BCUT2D eigenvalue weighted by Crippen LogP contribution is 2.20. The van der Waals surface area contributed by atoms with E-state index in [-0.39, 0.29) is 19.1 Å². The third-order valence-corrected chi connectivity index (χ3v) is 2.86. The van der Waals surface area contributed by atoms with Gasteiger partial charge in [-0.15, -0.1) is 0 Å². The number of hydrogen-bond acceptors (Lipinski definition) is 4. The zero-order valence-corrected chi connectivity index (χ0v) is 10.6. The summed E-state index contributed by atoms with van der Waals surface area (Å²) in [6.07, 6.45) is 0. The average molecular weight is 263 g/mol. The molecule has 0 aliphatic heterocycles. The molecule has 5 N–H and O–H groups in total. The van der Waals surface area contributed by atoms with E-state index in [0.29, 0.717) is 11.4 Å². The van der Waals surface area contributed by atoms with Crippen LogP contribution in [0, 0.1) is 0 Å². The Labute approximate surface area is 110 Å². The number of amides is 1. The van der Waals surface area contributed by atoms with Crippen LogP contribution in [0.1, 0.15) is 10.5 Å². The summed E-state index contributed by atoms with van der Waals surface area (Å²) >= 11 is 0. The van der Waals surface area contributed by atoms with Crippen LogP contribution >= 0.6 is 0 Å². The Morgan fingerprint density at radius 1 is 1.58 bits per heavy atom. The Kier molecular flexibility index (Phi) is 4.03. The van der Waals surface area contributed by atoms with Gasteiger partial charge in [0.1, 0.15) is 5.69 Å². The van der Waals surface area contributed by atoms with Gasteiger partial charge in [-0.05, 0) is 12.1 Å². The molecule has 1 amide bonds. The Bertz CT molecular complexity index is 580. The van der Waals surface area contributed by atoms with Crippen LogP contribution in [-0.2, 0) is 4.74 Å². The van der Waals surface area contributed by atoms with Crippen LogP contribution < -0.4 is 11.1 Å². The maximum absolute atomic E-state index is 12.0. The molecular formula is C13H17N3O3. The number of rotatable bonds is 5. The van der Waals surface area contributed by atoms with Crippen molar-refractivity contribution in [2.45, 2.75) is 6.04 Å². The van der Waals surface area contributed by atoms with E-state index in [0.717, 1.165) is 10.9 Å². The van der Waals surface area contributed by atoms with Gasteiger partial charge in [-0.2, -0.15) is 0 Å². The van der Waals surface area contributed by atoms with Crippen LogP contribution in [0.2, 0.25) is 0 Å². The first-order valence-electron chi connectivity index (χ1n) is 5.93. The van der Waals surface area contributed by atoms with Gasteiger partial charge in [0.2, 0.25) is 0 Å². The second kappa shape index (κ2) is 5.73. The lowest BCUT2D eigenvalue weighted by atomic mass is 10.2. The van der Waals surface area contributed by atoms with Gasteiger partial charge in [-0.1, -0.05) is 12.1 Å². The number of para-hydroxylation sites is 1. The SMILES string of the molecule is COCC(CO)NC(=O)c1cc2cccc(N)c2[nH]1. The molecular weight excluding hydrogens is 246 g/mol. The van der Waals surface area contributed by atoms with Gasteiger partial charge < -0.3 is 25.9 Å². The third kappa shape index (κ3) is 2.86. The first-order valence-corrected chi connectivity index (χ1v) is 5.93. The van der Waals surface area contributed by atoms with Crippen molar-refractivity contribution in [3.8, 4) is 0 Å². The van der Waals surface area contributed by atoms with Crippen molar-refractivity contribution >= 4 is 22.5 Å². The minimum atomic E-state index is -0.429. The molecule has 1 heterocycles. The second-order valence-electron chi connectivity index (χ2n) is 4.30. The molecule has 0 saturated heterocycles. The van der Waals surface area contributed by atoms with Gasteiger partial charge in [0.15, 0.2) is 0 Å². The molecule has 0 aliphatic carbocycles. The topological polar surface area (TPSA) is 100 Å². The van der Waals surface area contributed by atoms with Gasteiger partial charge in [-0.25, -0.2) is 0 Å². The predicted octanol–water partition coefficient (Wildman–Crippen LogP) is 0.487. The zero-order chi connectivity index (χ0) is 13.8. The smallest absolute Gasteiger partial charge is 0.268 e. The molecule has 102 valence electrons. The summed E-state index contributed by atoms with van der Waals surface area (Å²) in [7, 11) is 1.51. The number of fused-ring (bicyclic) bond motifs is 1. The maximum atomic E-state index is 12.0. The molecule has 1 aromatic carbocycles. The number of nitrogens with one attached hydrogen (secondary N) is 2. The van der Waals surface area contributed by atoms with Crippen molar-refractivity contribution in [3.63, 3.8) is 0 Å². The summed E-state index contributed by atoms with van der Waals surface area (Å²) in [5, 5.41) is 12.7. The monoisotopic (exact) mass is 263 g/mol. The second-order valence-corrected chi connectivity index (χ2v) is 4.30. The third-order valence-electron chi connectivity index (χ3n) is 2.86. The molecule has 2 rings (SSSR count). The Morgan fingerprint density at radius 2 is 2.37 bits per heavy atom. The van der Waals surface area contributed by atoms with Crippen molar-refractivity contribution in [2.75, 3.05) is 26.1 Å². The lowest BCUT2D eigenvalue weighted by Gasteiger charge is -2.14. The summed E-state index contributed by atoms with van der Waals surface area (Å²) in [6, 6.07) is 6.76. The van der Waals surface area contributed by atoms with Crippen molar-refractivity contribution in [1.29, 1.82) is 0 Å². The number of aromatic nitrogens is 1. The molecule has 0 spiro atoms. The van der Waals surface area contributed by atoms with E-state index in [4.69, 9.17) is 15.6 Å². The normalized spacial score (nSPS) is 12.5. The van der Waals surface area contributed by atoms with E-state index in [1.807, 2.05) is 12.1 Å². The fourth-order valence-corrected chi connectivity index (χ4v) is 1.91. The van der Waals surface area contributed by atoms with Crippen LogP contribution in [0.4, 0.5) is 5.69 Å². The van der Waals surface area contributed by atoms with Crippen molar-refractivity contribution in [3.05, 3.63) is 30.0 Å². The fourth-order valence-electron chi connectivity index (χ4n) is 1.91. The standard InChI is InChI=1S/C13H17N3O3/c1-19-7-9(6-17)15-13(18)11-5-8-3-2-4-10(14)12(8)16-11/h2-5,9,16-17H,6-7,14H2,1H3,(H,15,18). The number of aliphatic hydroxyl groups is 1. The molecule has 0 bridgehead atoms. The maximum Gasteiger partial charge on any atom is 0.268 e. The molecule has 6 heteroatoms. The number of carbonyl (C=O) groups is 1. The lowest BCUT2D eigenvalue weighted by molar-refractivity contribution is 0.0836. The van der Waals surface area contributed by atoms with E-state index in [2.05, 4.69) is 10.3 Å². The highest BCUT2D eigenvalue weighted by Gasteiger charge is 2.15. The minimum Gasteiger partial charge on any atom is -0.397 e. The molecule has 0 saturated carbocycles. The number of methoxy groups -OCH3 is 1. The molecule has 0 fully saturated rings. The minimum absolute atomic E-state index is 0.179. The molecule has 19 heavy (non-hydrogen) atoms. The molecule has 1 aromatic heterocycles. The number of anilines is 1. The quantitative estimate of drug-likeness (QED) is 0.590. The van der Waals surface area contributed by atoms with E-state index in [1.165, 1.54) is 7.11 Å². The summed E-state index contributed by atoms with van der Waals surface area (Å²) in [5.41, 5.74) is 7.55. The summed E-state index contributed by atoms with van der Waals surface area (Å²) < 4.78 is 4.90. The molecule has 1 atom stereocenters. The van der Waals surface area contributed by atoms with Crippen molar-refractivity contribution < 1.29 is 14.6 Å². The number of ether oxygens (including phenoxy) is 1. The number of nitrogens with two attached hydrogens (primary N) is 1. The van der Waals surface area contributed by atoms with Crippen LogP contribution in [-0.4, -0.2) is 42.4 Å². The van der Waals surface area contributed by atoms with Crippen molar-refractivity contribution in [1.82, 2.24) is 10.3 Å². The van der Waals surface area contributed by atoms with Crippen molar-refractivity contribution in [2.24, 2.45) is 0 Å². The van der Waals surface area contributed by atoms with Gasteiger partial charge in [0.25, 0.3) is 5.91 Å². The van der Waals surface area contributed by atoms with E-state index in [1.54, 1.807) is 12.1 Å². The lowest BCUT2D eigenvalue weighted by Crippen LogP contribution is -2.40. The van der Waals surface area contributed by atoms with Gasteiger partial charge in [0.05, 0.1) is 30.5 Å². The van der Waals surface area contributed by atoms with E-state index < -0.39 is 6.04 Å². The number of benzene rings is 1. The number of nitrogen functional groups attached to an aromatic ring is 1. The molecule has 0 aliphatic rings. The zero-order valence-electron chi connectivity index (χ0n) is 10.6. The Morgan fingerprint density at radius 3 is 3.00 bits per heavy atom. The number of aromatic amines is 1. The Balaban J connectivity index is 2.19. The number of aliphatic hydroxyl groups excluding tert-OH is 1. The van der Waals surface area contributed by atoms with Crippen LogP contribution in [0.3, 0.4) is 0 Å². The van der Waals surface area contributed by atoms with Crippen LogP contribution in [0.25, 0.3) is 10.9 Å². The average Bonchev–Trinajstić information content (AvgIpc) is 2.83. The largest absolute Gasteiger partial charge is 0.397 e. The highest BCUT2D eigenvalue weighted by molar-refractivity contribution is 6.00.